The summed E-state index contributed by atoms with van der Waals surface area (Å²) in [5.41, 5.74) is 1.04. The number of nitrogens with one attached hydrogen (secondary N) is 1. The second kappa shape index (κ2) is 8.22. The number of aromatic nitrogens is 2. The van der Waals surface area contributed by atoms with Gasteiger partial charge in [0.15, 0.2) is 0 Å². The number of anilines is 1. The Hall–Kier alpha value is -2.50. The first-order valence-electron chi connectivity index (χ1n) is 7.84. The van der Waals surface area contributed by atoms with E-state index >= 15 is 0 Å². The topological polar surface area (TPSA) is 65.4 Å². The molecule has 0 unspecified atom stereocenters. The fourth-order valence-corrected chi connectivity index (χ4v) is 2.15. The zero-order chi connectivity index (χ0) is 16.7. The first-order chi connectivity index (χ1) is 11.2. The fourth-order valence-electron chi connectivity index (χ4n) is 2.15. The predicted octanol–water partition coefficient (Wildman–Crippen LogP) is 3.34. The maximum Gasteiger partial charge on any atom is 0.262 e. The van der Waals surface area contributed by atoms with Crippen LogP contribution < -0.4 is 14.8 Å². The second-order valence-corrected chi connectivity index (χ2v) is 5.11. The van der Waals surface area contributed by atoms with Crippen LogP contribution in [0.4, 0.5) is 5.69 Å². The number of carbonyl (C=O) groups excluding carboxylic acids is 1. The van der Waals surface area contributed by atoms with Gasteiger partial charge in [-0.2, -0.15) is 0 Å². The summed E-state index contributed by atoms with van der Waals surface area (Å²) >= 11 is 0. The molecule has 0 spiro atoms. The van der Waals surface area contributed by atoms with Crippen LogP contribution in [0.25, 0.3) is 0 Å². The Morgan fingerprint density at radius 2 is 2.04 bits per heavy atom. The number of aryl methyl sites for hydroxylation is 1. The molecule has 124 valence electrons. The van der Waals surface area contributed by atoms with Crippen molar-refractivity contribution in [2.45, 2.75) is 33.2 Å². The number of para-hydroxylation sites is 2. The van der Waals surface area contributed by atoms with Crippen molar-refractivity contribution in [2.75, 3.05) is 19.0 Å². The molecular formula is C17H23N3O3. The summed E-state index contributed by atoms with van der Waals surface area (Å²) in [6, 6.07) is 7.28. The monoisotopic (exact) mass is 317 g/mol. The van der Waals surface area contributed by atoms with Gasteiger partial charge >= 0.3 is 0 Å². The molecule has 1 N–H and O–H groups in total. The molecule has 0 atom stereocenters. The molecule has 0 saturated heterocycles. The van der Waals surface area contributed by atoms with Crippen molar-refractivity contribution < 1.29 is 14.3 Å². The Morgan fingerprint density at radius 3 is 2.74 bits per heavy atom. The van der Waals surface area contributed by atoms with E-state index in [0.29, 0.717) is 29.5 Å². The largest absolute Gasteiger partial charge is 0.495 e. The summed E-state index contributed by atoms with van der Waals surface area (Å²) in [7, 11) is 1.57. The molecule has 1 amide bonds. The maximum atomic E-state index is 12.6. The summed E-state index contributed by atoms with van der Waals surface area (Å²) in [6.45, 7) is 5.34. The lowest BCUT2D eigenvalue weighted by atomic mass is 10.2. The molecule has 6 heteroatoms. The van der Waals surface area contributed by atoms with Crippen LogP contribution in [0, 0.1) is 0 Å². The first-order valence-corrected chi connectivity index (χ1v) is 7.84. The summed E-state index contributed by atoms with van der Waals surface area (Å²) in [5.74, 6) is 0.716. The van der Waals surface area contributed by atoms with E-state index < -0.39 is 0 Å². The van der Waals surface area contributed by atoms with Gasteiger partial charge in [-0.1, -0.05) is 26.0 Å². The fraction of sp³-hybridized carbons (Fsp3) is 0.412. The lowest BCUT2D eigenvalue weighted by Crippen LogP contribution is -2.13. The van der Waals surface area contributed by atoms with Crippen LogP contribution in [-0.4, -0.2) is 29.4 Å². The number of carbonyl (C=O) groups is 1. The van der Waals surface area contributed by atoms with Gasteiger partial charge in [0.25, 0.3) is 5.91 Å². The van der Waals surface area contributed by atoms with Crippen molar-refractivity contribution in [1.82, 2.24) is 9.78 Å². The molecular weight excluding hydrogens is 294 g/mol. The van der Waals surface area contributed by atoms with Gasteiger partial charge in [0.2, 0.25) is 5.88 Å². The van der Waals surface area contributed by atoms with E-state index in [4.69, 9.17) is 9.47 Å². The van der Waals surface area contributed by atoms with Crippen molar-refractivity contribution in [2.24, 2.45) is 0 Å². The van der Waals surface area contributed by atoms with Crippen molar-refractivity contribution in [3.8, 4) is 11.6 Å². The van der Waals surface area contributed by atoms with Gasteiger partial charge in [-0.15, -0.1) is 5.10 Å². The summed E-state index contributed by atoms with van der Waals surface area (Å²) in [4.78, 5) is 12.6. The number of methoxy groups -OCH3 is 1. The van der Waals surface area contributed by atoms with Crippen LogP contribution in [-0.2, 0) is 6.54 Å². The molecule has 0 saturated carbocycles. The molecule has 0 fully saturated rings. The van der Waals surface area contributed by atoms with Crippen LogP contribution >= 0.6 is 0 Å². The van der Waals surface area contributed by atoms with E-state index in [0.717, 1.165) is 19.4 Å². The van der Waals surface area contributed by atoms with Gasteiger partial charge in [-0.05, 0) is 25.0 Å². The van der Waals surface area contributed by atoms with Gasteiger partial charge in [0.05, 0.1) is 19.4 Å². The maximum absolute atomic E-state index is 12.6. The molecule has 2 rings (SSSR count). The average molecular weight is 317 g/mol. The Balaban J connectivity index is 2.23. The molecule has 0 bridgehead atoms. The quantitative estimate of drug-likeness (QED) is 0.811. The molecule has 1 heterocycles. The molecule has 0 aliphatic carbocycles. The number of benzene rings is 1. The Kier molecular flexibility index (Phi) is 6.02. The summed E-state index contributed by atoms with van der Waals surface area (Å²) < 4.78 is 12.6. The SMILES string of the molecule is CCCOc1nn(CCC)cc1C(=O)Nc1ccccc1OC. The van der Waals surface area contributed by atoms with Crippen LogP contribution in [0.5, 0.6) is 11.6 Å². The third-order valence-electron chi connectivity index (χ3n) is 3.22. The number of amides is 1. The zero-order valence-electron chi connectivity index (χ0n) is 13.8. The summed E-state index contributed by atoms with van der Waals surface area (Å²) in [5, 5.41) is 7.20. The van der Waals surface area contributed by atoms with Crippen LogP contribution in [0.1, 0.15) is 37.0 Å². The highest BCUT2D eigenvalue weighted by molar-refractivity contribution is 6.06. The molecule has 0 aliphatic heterocycles. The zero-order valence-corrected chi connectivity index (χ0v) is 13.8. The van der Waals surface area contributed by atoms with Crippen LogP contribution in [0.3, 0.4) is 0 Å². The lowest BCUT2D eigenvalue weighted by molar-refractivity contribution is 0.102. The Labute approximate surface area is 136 Å². The number of hydrogen-bond donors (Lipinski definition) is 1. The Morgan fingerprint density at radius 1 is 1.26 bits per heavy atom. The molecule has 2 aromatic rings. The molecule has 1 aromatic heterocycles. The van der Waals surface area contributed by atoms with Gasteiger partial charge in [-0.25, -0.2) is 0 Å². The van der Waals surface area contributed by atoms with Gasteiger partial charge in [0, 0.05) is 12.7 Å². The third kappa shape index (κ3) is 4.25. The number of rotatable bonds is 8. The minimum absolute atomic E-state index is 0.261. The van der Waals surface area contributed by atoms with Gasteiger partial charge in [0.1, 0.15) is 11.3 Å². The number of nitrogens with zero attached hydrogens (tertiary/aromatic N) is 2. The van der Waals surface area contributed by atoms with E-state index in [-0.39, 0.29) is 5.91 Å². The predicted molar refractivity (Wildman–Crippen MR) is 89.3 cm³/mol. The molecule has 23 heavy (non-hydrogen) atoms. The van der Waals surface area contributed by atoms with E-state index in [1.165, 1.54) is 0 Å². The van der Waals surface area contributed by atoms with E-state index in [1.54, 1.807) is 30.1 Å². The molecule has 0 radical (unpaired) electrons. The smallest absolute Gasteiger partial charge is 0.262 e. The molecule has 0 aliphatic rings. The standard InChI is InChI=1S/C17H23N3O3/c1-4-10-20-12-13(17(19-20)23-11-5-2)16(21)18-14-8-6-7-9-15(14)22-3/h6-9,12H,4-5,10-11H2,1-3H3,(H,18,21). The van der Waals surface area contributed by atoms with Gasteiger partial charge < -0.3 is 14.8 Å². The van der Waals surface area contributed by atoms with E-state index in [1.807, 2.05) is 19.1 Å². The van der Waals surface area contributed by atoms with Crippen molar-refractivity contribution in [1.29, 1.82) is 0 Å². The molecule has 6 nitrogen and oxygen atoms in total. The number of hydrogen-bond acceptors (Lipinski definition) is 4. The second-order valence-electron chi connectivity index (χ2n) is 5.11. The van der Waals surface area contributed by atoms with Crippen molar-refractivity contribution in [3.05, 3.63) is 36.0 Å². The Bertz CT molecular complexity index is 652. The van der Waals surface area contributed by atoms with E-state index in [2.05, 4.69) is 17.3 Å². The van der Waals surface area contributed by atoms with Gasteiger partial charge in [-0.3, -0.25) is 9.48 Å². The van der Waals surface area contributed by atoms with Crippen LogP contribution in [0.15, 0.2) is 30.5 Å². The lowest BCUT2D eigenvalue weighted by Gasteiger charge is -2.09. The van der Waals surface area contributed by atoms with Crippen LogP contribution in [0.2, 0.25) is 0 Å². The third-order valence-corrected chi connectivity index (χ3v) is 3.22. The van der Waals surface area contributed by atoms with Crippen molar-refractivity contribution >= 4 is 11.6 Å². The van der Waals surface area contributed by atoms with E-state index in [9.17, 15) is 4.79 Å². The minimum Gasteiger partial charge on any atom is -0.495 e. The van der Waals surface area contributed by atoms with Crippen molar-refractivity contribution in [3.63, 3.8) is 0 Å². The highest BCUT2D eigenvalue weighted by atomic mass is 16.5. The number of ether oxygens (including phenoxy) is 2. The normalized spacial score (nSPS) is 10.4. The molecule has 1 aromatic carbocycles. The first kappa shape index (κ1) is 16.9. The average Bonchev–Trinajstić information content (AvgIpc) is 2.96. The highest BCUT2D eigenvalue weighted by Gasteiger charge is 2.19. The highest BCUT2D eigenvalue weighted by Crippen LogP contribution is 2.25. The summed E-state index contributed by atoms with van der Waals surface area (Å²) in [6.07, 6.45) is 3.51. The minimum atomic E-state index is -0.261.